The Morgan fingerprint density at radius 1 is 1.21 bits per heavy atom. The summed E-state index contributed by atoms with van der Waals surface area (Å²) >= 11 is 0. The molecule has 1 aliphatic heterocycles. The molecule has 0 aliphatic carbocycles. The first-order valence-corrected chi connectivity index (χ1v) is 8.95. The van der Waals surface area contributed by atoms with Gasteiger partial charge in [-0.2, -0.15) is 5.10 Å². The van der Waals surface area contributed by atoms with Crippen LogP contribution in [0.1, 0.15) is 51.0 Å². The minimum absolute atomic E-state index is 0.0511. The van der Waals surface area contributed by atoms with Gasteiger partial charge in [-0.3, -0.25) is 19.3 Å². The molecule has 0 saturated heterocycles. The molecule has 0 radical (unpaired) electrons. The molecule has 0 bridgehead atoms. The molecule has 0 fully saturated rings. The summed E-state index contributed by atoms with van der Waals surface area (Å²) < 4.78 is 6.65. The van der Waals surface area contributed by atoms with Crippen LogP contribution >= 0.6 is 0 Å². The van der Waals surface area contributed by atoms with Crippen molar-refractivity contribution in [3.8, 4) is 0 Å². The Morgan fingerprint density at radius 3 is 2.62 bits per heavy atom. The van der Waals surface area contributed by atoms with E-state index >= 15 is 0 Å². The number of ether oxygens (including phenoxy) is 1. The number of imide groups is 1. The number of aromatic nitrogens is 2. The first-order chi connectivity index (χ1) is 13.8. The lowest BCUT2D eigenvalue weighted by Crippen LogP contribution is -2.29. The molecule has 1 aromatic carbocycles. The van der Waals surface area contributed by atoms with Gasteiger partial charge in [0, 0.05) is 18.7 Å². The van der Waals surface area contributed by atoms with E-state index in [1.54, 1.807) is 16.9 Å². The number of benzene rings is 1. The monoisotopic (exact) mass is 396 g/mol. The number of anilines is 1. The van der Waals surface area contributed by atoms with Gasteiger partial charge in [-0.1, -0.05) is 6.08 Å². The molecule has 0 atom stereocenters. The standard InChI is InChI=1S/C20H20N4O5/c1-4-9-23-18(26)14-6-5-13(10-15(14)19(23)27)20(28)29-11-17(25)22-16-7-8-21-24(16)12(2)3/h4-8,10,12H,1,9,11H2,2-3H3,(H,22,25). The van der Waals surface area contributed by atoms with Crippen LogP contribution in [0.3, 0.4) is 0 Å². The van der Waals surface area contributed by atoms with Crippen molar-refractivity contribution in [2.45, 2.75) is 19.9 Å². The molecular formula is C20H20N4O5. The van der Waals surface area contributed by atoms with E-state index in [-0.39, 0.29) is 29.3 Å². The maximum atomic E-state index is 12.3. The summed E-state index contributed by atoms with van der Waals surface area (Å²) in [5, 5.41) is 6.72. The summed E-state index contributed by atoms with van der Waals surface area (Å²) in [6, 6.07) is 5.77. The molecule has 29 heavy (non-hydrogen) atoms. The zero-order chi connectivity index (χ0) is 21.1. The van der Waals surface area contributed by atoms with Crippen molar-refractivity contribution in [2.75, 3.05) is 18.5 Å². The topological polar surface area (TPSA) is 111 Å². The van der Waals surface area contributed by atoms with E-state index in [1.165, 1.54) is 24.3 Å². The largest absolute Gasteiger partial charge is 0.452 e. The Balaban J connectivity index is 1.64. The molecule has 1 aliphatic rings. The van der Waals surface area contributed by atoms with Gasteiger partial charge >= 0.3 is 5.97 Å². The lowest BCUT2D eigenvalue weighted by atomic mass is 10.1. The van der Waals surface area contributed by atoms with Crippen molar-refractivity contribution in [1.29, 1.82) is 0 Å². The van der Waals surface area contributed by atoms with Crippen LogP contribution in [0.4, 0.5) is 5.82 Å². The number of hydrogen-bond donors (Lipinski definition) is 1. The van der Waals surface area contributed by atoms with Crippen molar-refractivity contribution in [2.24, 2.45) is 0 Å². The highest BCUT2D eigenvalue weighted by Gasteiger charge is 2.35. The lowest BCUT2D eigenvalue weighted by Gasteiger charge is -2.12. The minimum Gasteiger partial charge on any atom is -0.452 e. The van der Waals surface area contributed by atoms with Crippen LogP contribution in [-0.4, -0.2) is 51.5 Å². The summed E-state index contributed by atoms with van der Waals surface area (Å²) in [7, 11) is 0. The van der Waals surface area contributed by atoms with Crippen LogP contribution in [0, 0.1) is 0 Å². The van der Waals surface area contributed by atoms with Gasteiger partial charge in [-0.15, -0.1) is 6.58 Å². The molecule has 1 N–H and O–H groups in total. The third-order valence-electron chi connectivity index (χ3n) is 4.28. The molecule has 0 unspecified atom stereocenters. The van der Waals surface area contributed by atoms with Gasteiger partial charge in [0.2, 0.25) is 0 Å². The molecule has 2 heterocycles. The molecule has 0 spiro atoms. The number of carbonyl (C=O) groups excluding carboxylic acids is 4. The minimum atomic E-state index is -0.775. The molecule has 2 aromatic rings. The zero-order valence-corrected chi connectivity index (χ0v) is 16.0. The third kappa shape index (κ3) is 3.93. The fraction of sp³-hybridized carbons (Fsp3) is 0.250. The summed E-state index contributed by atoms with van der Waals surface area (Å²) in [6.45, 7) is 6.93. The number of nitrogens with one attached hydrogen (secondary N) is 1. The van der Waals surface area contributed by atoms with E-state index in [9.17, 15) is 19.2 Å². The van der Waals surface area contributed by atoms with Gasteiger partial charge in [0.15, 0.2) is 6.61 Å². The van der Waals surface area contributed by atoms with Gasteiger partial charge in [-0.05, 0) is 32.0 Å². The smallest absolute Gasteiger partial charge is 0.338 e. The highest BCUT2D eigenvalue weighted by atomic mass is 16.5. The second-order valence-electron chi connectivity index (χ2n) is 6.65. The Morgan fingerprint density at radius 2 is 1.93 bits per heavy atom. The summed E-state index contributed by atoms with van der Waals surface area (Å²) in [4.78, 5) is 49.9. The molecule has 0 saturated carbocycles. The summed E-state index contributed by atoms with van der Waals surface area (Å²) in [6.07, 6.45) is 3.00. The van der Waals surface area contributed by atoms with Gasteiger partial charge in [0.05, 0.1) is 22.9 Å². The van der Waals surface area contributed by atoms with E-state index in [0.717, 1.165) is 4.90 Å². The van der Waals surface area contributed by atoms with E-state index < -0.39 is 30.3 Å². The maximum Gasteiger partial charge on any atom is 0.338 e. The highest BCUT2D eigenvalue weighted by molar-refractivity contribution is 6.22. The Hall–Kier alpha value is -3.75. The SMILES string of the molecule is C=CCN1C(=O)c2ccc(C(=O)OCC(=O)Nc3ccnn3C(C)C)cc2C1=O. The van der Waals surface area contributed by atoms with Crippen LogP contribution in [0.2, 0.25) is 0 Å². The summed E-state index contributed by atoms with van der Waals surface area (Å²) in [5.41, 5.74) is 0.412. The lowest BCUT2D eigenvalue weighted by molar-refractivity contribution is -0.119. The fourth-order valence-corrected chi connectivity index (χ4v) is 2.93. The molecule has 3 rings (SSSR count). The molecule has 9 nitrogen and oxygen atoms in total. The predicted molar refractivity (Wildman–Crippen MR) is 104 cm³/mol. The van der Waals surface area contributed by atoms with Crippen molar-refractivity contribution in [3.63, 3.8) is 0 Å². The van der Waals surface area contributed by atoms with Crippen molar-refractivity contribution in [1.82, 2.24) is 14.7 Å². The number of amides is 3. The van der Waals surface area contributed by atoms with Crippen molar-refractivity contribution >= 4 is 29.5 Å². The summed E-state index contributed by atoms with van der Waals surface area (Å²) in [5.74, 6) is -1.75. The Labute approximate surface area is 166 Å². The number of hydrogen-bond acceptors (Lipinski definition) is 6. The van der Waals surface area contributed by atoms with E-state index in [4.69, 9.17) is 4.74 Å². The van der Waals surface area contributed by atoms with E-state index in [2.05, 4.69) is 17.0 Å². The number of fused-ring (bicyclic) bond motifs is 1. The van der Waals surface area contributed by atoms with Crippen LogP contribution in [0.15, 0.2) is 43.1 Å². The van der Waals surface area contributed by atoms with Gasteiger partial charge < -0.3 is 10.1 Å². The van der Waals surface area contributed by atoms with E-state index in [0.29, 0.717) is 5.82 Å². The van der Waals surface area contributed by atoms with Crippen LogP contribution in [0.25, 0.3) is 0 Å². The highest BCUT2D eigenvalue weighted by Crippen LogP contribution is 2.24. The molecule has 150 valence electrons. The predicted octanol–water partition coefficient (Wildman–Crippen LogP) is 2.04. The number of rotatable bonds is 7. The Kier molecular flexibility index (Phi) is 5.58. The van der Waals surface area contributed by atoms with Crippen LogP contribution < -0.4 is 5.32 Å². The first-order valence-electron chi connectivity index (χ1n) is 8.95. The Bertz CT molecular complexity index is 1010. The second-order valence-corrected chi connectivity index (χ2v) is 6.65. The first kappa shape index (κ1) is 20.0. The average molecular weight is 396 g/mol. The quantitative estimate of drug-likeness (QED) is 0.436. The second kappa shape index (κ2) is 8.09. The van der Waals surface area contributed by atoms with E-state index in [1.807, 2.05) is 13.8 Å². The normalized spacial score (nSPS) is 12.9. The molecule has 1 aromatic heterocycles. The van der Waals surface area contributed by atoms with Crippen molar-refractivity contribution < 1.29 is 23.9 Å². The zero-order valence-electron chi connectivity index (χ0n) is 16.0. The molecular weight excluding hydrogens is 376 g/mol. The maximum absolute atomic E-state index is 12.3. The molecule has 3 amide bonds. The van der Waals surface area contributed by atoms with Gasteiger partial charge in [0.25, 0.3) is 17.7 Å². The third-order valence-corrected chi connectivity index (χ3v) is 4.28. The van der Waals surface area contributed by atoms with Crippen LogP contribution in [-0.2, 0) is 9.53 Å². The average Bonchev–Trinajstić information content (AvgIpc) is 3.25. The van der Waals surface area contributed by atoms with Crippen molar-refractivity contribution in [3.05, 3.63) is 59.8 Å². The molecule has 9 heteroatoms. The number of nitrogens with zero attached hydrogens (tertiary/aromatic N) is 3. The van der Waals surface area contributed by atoms with Crippen LogP contribution in [0.5, 0.6) is 0 Å². The van der Waals surface area contributed by atoms with Gasteiger partial charge in [0.1, 0.15) is 5.82 Å². The number of carbonyl (C=O) groups is 4. The fourth-order valence-electron chi connectivity index (χ4n) is 2.93. The van der Waals surface area contributed by atoms with Gasteiger partial charge in [-0.25, -0.2) is 9.48 Å². The number of esters is 1.